The maximum absolute atomic E-state index is 5.83. The van der Waals surface area contributed by atoms with Gasteiger partial charge in [-0.05, 0) is 29.2 Å². The van der Waals surface area contributed by atoms with E-state index in [0.29, 0.717) is 17.2 Å². The average Bonchev–Trinajstić information content (AvgIpc) is 3.06. The van der Waals surface area contributed by atoms with Crippen LogP contribution < -0.4 is 4.74 Å². The van der Waals surface area contributed by atoms with Crippen molar-refractivity contribution in [1.82, 2.24) is 15.2 Å². The molecule has 0 aliphatic rings. The molecule has 0 atom stereocenters. The summed E-state index contributed by atoms with van der Waals surface area (Å²) in [6.07, 6.45) is 0. The van der Waals surface area contributed by atoms with Crippen molar-refractivity contribution in [3.8, 4) is 16.5 Å². The van der Waals surface area contributed by atoms with E-state index in [2.05, 4.69) is 15.2 Å². The van der Waals surface area contributed by atoms with Crippen molar-refractivity contribution < 1.29 is 4.74 Å². The Labute approximate surface area is 119 Å². The van der Waals surface area contributed by atoms with Crippen molar-refractivity contribution in [3.63, 3.8) is 0 Å². The number of nitrogens with zero attached hydrogens (tertiary/aromatic N) is 1. The molecule has 4 nitrogen and oxygen atoms in total. The number of H-pyrrole nitrogens is 2. The van der Waals surface area contributed by atoms with Gasteiger partial charge >= 0.3 is 0 Å². The number of benzene rings is 1. The SMILES string of the molecule is S=c1nc(-c2sccc2OCc2ccccc2)[nH][nH]1. The minimum absolute atomic E-state index is 0.442. The zero-order chi connectivity index (χ0) is 13.1. The molecule has 0 saturated carbocycles. The second-order valence-corrected chi connectivity index (χ2v) is 5.21. The number of ether oxygens (including phenoxy) is 1. The second kappa shape index (κ2) is 5.38. The zero-order valence-corrected chi connectivity index (χ0v) is 11.6. The van der Waals surface area contributed by atoms with Crippen LogP contribution in [0.3, 0.4) is 0 Å². The zero-order valence-electron chi connectivity index (χ0n) is 9.92. The number of rotatable bonds is 4. The summed E-state index contributed by atoms with van der Waals surface area (Å²) in [6.45, 7) is 0.537. The molecule has 19 heavy (non-hydrogen) atoms. The van der Waals surface area contributed by atoms with E-state index in [1.54, 1.807) is 11.3 Å². The molecule has 2 aromatic heterocycles. The van der Waals surface area contributed by atoms with E-state index in [0.717, 1.165) is 16.2 Å². The first-order valence-electron chi connectivity index (χ1n) is 5.72. The van der Waals surface area contributed by atoms with Crippen molar-refractivity contribution >= 4 is 23.6 Å². The van der Waals surface area contributed by atoms with Crippen LogP contribution in [0.5, 0.6) is 5.75 Å². The Hall–Kier alpha value is -1.92. The van der Waals surface area contributed by atoms with Crippen LogP contribution in [-0.4, -0.2) is 15.2 Å². The van der Waals surface area contributed by atoms with Crippen molar-refractivity contribution in [3.05, 3.63) is 52.1 Å². The van der Waals surface area contributed by atoms with E-state index in [1.165, 1.54) is 0 Å². The van der Waals surface area contributed by atoms with Crippen LogP contribution in [0.4, 0.5) is 0 Å². The smallest absolute Gasteiger partial charge is 0.213 e. The third-order valence-electron chi connectivity index (χ3n) is 2.58. The van der Waals surface area contributed by atoms with Crippen molar-refractivity contribution in [2.45, 2.75) is 6.61 Å². The first-order chi connectivity index (χ1) is 9.33. The van der Waals surface area contributed by atoms with Crippen molar-refractivity contribution in [2.75, 3.05) is 0 Å². The Kier molecular flexibility index (Phi) is 3.43. The van der Waals surface area contributed by atoms with Crippen LogP contribution in [0, 0.1) is 4.77 Å². The highest BCUT2D eigenvalue weighted by atomic mass is 32.1. The first-order valence-corrected chi connectivity index (χ1v) is 7.01. The van der Waals surface area contributed by atoms with Gasteiger partial charge in [-0.15, -0.1) is 11.3 Å². The molecule has 2 N–H and O–H groups in total. The number of thiophene rings is 1. The lowest BCUT2D eigenvalue weighted by atomic mass is 10.2. The van der Waals surface area contributed by atoms with Crippen LogP contribution in [0.25, 0.3) is 10.7 Å². The largest absolute Gasteiger partial charge is 0.487 e. The topological polar surface area (TPSA) is 53.7 Å². The molecule has 96 valence electrons. The van der Waals surface area contributed by atoms with Gasteiger partial charge in [0, 0.05) is 0 Å². The number of aromatic amines is 2. The van der Waals surface area contributed by atoms with Gasteiger partial charge in [-0.25, -0.2) is 0 Å². The number of hydrogen-bond donors (Lipinski definition) is 2. The van der Waals surface area contributed by atoms with Crippen molar-refractivity contribution in [1.29, 1.82) is 0 Å². The van der Waals surface area contributed by atoms with Crippen LogP contribution in [0.2, 0.25) is 0 Å². The number of nitrogens with one attached hydrogen (secondary N) is 2. The van der Waals surface area contributed by atoms with Gasteiger partial charge in [-0.1, -0.05) is 30.3 Å². The van der Waals surface area contributed by atoms with Crippen molar-refractivity contribution in [2.24, 2.45) is 0 Å². The predicted molar refractivity (Wildman–Crippen MR) is 77.9 cm³/mol. The fraction of sp³-hybridized carbons (Fsp3) is 0.0769. The first kappa shape index (κ1) is 12.1. The Morgan fingerprint density at radius 3 is 2.74 bits per heavy atom. The molecule has 0 aliphatic heterocycles. The van der Waals surface area contributed by atoms with Gasteiger partial charge in [0.15, 0.2) is 5.82 Å². The molecule has 0 radical (unpaired) electrons. The van der Waals surface area contributed by atoms with E-state index in [9.17, 15) is 0 Å². The Bertz CT molecular complexity index is 715. The van der Waals surface area contributed by atoms with Crippen LogP contribution >= 0.6 is 23.6 Å². The lowest BCUT2D eigenvalue weighted by Gasteiger charge is -2.05. The summed E-state index contributed by atoms with van der Waals surface area (Å²) < 4.78 is 6.27. The summed E-state index contributed by atoms with van der Waals surface area (Å²) in [5.74, 6) is 1.52. The highest BCUT2D eigenvalue weighted by Crippen LogP contribution is 2.33. The van der Waals surface area contributed by atoms with E-state index < -0.39 is 0 Å². The van der Waals surface area contributed by atoms with Gasteiger partial charge in [0.1, 0.15) is 17.2 Å². The number of hydrogen-bond acceptors (Lipinski definition) is 4. The average molecular weight is 289 g/mol. The minimum Gasteiger partial charge on any atom is -0.487 e. The molecule has 0 fully saturated rings. The molecule has 3 aromatic rings. The maximum atomic E-state index is 5.83. The molecular formula is C13H11N3OS2. The molecule has 0 unspecified atom stereocenters. The third-order valence-corrected chi connectivity index (χ3v) is 3.68. The lowest BCUT2D eigenvalue weighted by Crippen LogP contribution is -1.95. The van der Waals surface area contributed by atoms with Gasteiger partial charge < -0.3 is 4.74 Å². The van der Waals surface area contributed by atoms with E-state index in [1.807, 2.05) is 41.8 Å². The summed E-state index contributed by atoms with van der Waals surface area (Å²) in [5, 5.41) is 7.70. The normalized spacial score (nSPS) is 10.5. The lowest BCUT2D eigenvalue weighted by molar-refractivity contribution is 0.308. The molecular weight excluding hydrogens is 278 g/mol. The summed E-state index contributed by atoms with van der Waals surface area (Å²) in [5.41, 5.74) is 1.13. The monoisotopic (exact) mass is 289 g/mol. The fourth-order valence-electron chi connectivity index (χ4n) is 1.70. The molecule has 2 heterocycles. The van der Waals surface area contributed by atoms with Gasteiger partial charge in [-0.3, -0.25) is 10.2 Å². The van der Waals surface area contributed by atoms with Crippen LogP contribution in [0.1, 0.15) is 5.56 Å². The maximum Gasteiger partial charge on any atom is 0.213 e. The van der Waals surface area contributed by atoms with Gasteiger partial charge in [-0.2, -0.15) is 4.98 Å². The highest BCUT2D eigenvalue weighted by Gasteiger charge is 2.11. The Morgan fingerprint density at radius 2 is 2.00 bits per heavy atom. The summed E-state index contributed by atoms with van der Waals surface area (Å²) in [7, 11) is 0. The fourth-order valence-corrected chi connectivity index (χ4v) is 2.62. The Balaban J connectivity index is 1.79. The summed E-state index contributed by atoms with van der Waals surface area (Å²) >= 11 is 6.52. The molecule has 0 spiro atoms. The quantitative estimate of drug-likeness (QED) is 0.719. The molecule has 0 aliphatic carbocycles. The van der Waals surface area contributed by atoms with E-state index >= 15 is 0 Å². The van der Waals surface area contributed by atoms with Gasteiger partial charge in [0.05, 0.1) is 0 Å². The van der Waals surface area contributed by atoms with Crippen LogP contribution in [-0.2, 0) is 6.61 Å². The van der Waals surface area contributed by atoms with E-state index in [4.69, 9.17) is 17.0 Å². The molecule has 0 bridgehead atoms. The standard InChI is InChI=1S/C13H11N3OS2/c18-13-14-12(15-16-13)11-10(6-7-19-11)17-8-9-4-2-1-3-5-9/h1-7H,8H2,(H2,14,15,16,18). The molecule has 1 aromatic carbocycles. The van der Waals surface area contributed by atoms with Gasteiger partial charge in [0.2, 0.25) is 4.77 Å². The summed E-state index contributed by atoms with van der Waals surface area (Å²) in [4.78, 5) is 5.15. The number of aromatic nitrogens is 3. The molecule has 0 amide bonds. The molecule has 0 saturated heterocycles. The molecule has 3 rings (SSSR count). The van der Waals surface area contributed by atoms with E-state index in [-0.39, 0.29) is 0 Å². The Morgan fingerprint density at radius 1 is 1.16 bits per heavy atom. The van der Waals surface area contributed by atoms with Crippen LogP contribution in [0.15, 0.2) is 41.8 Å². The predicted octanol–water partition coefficient (Wildman–Crippen LogP) is 3.77. The second-order valence-electron chi connectivity index (χ2n) is 3.90. The minimum atomic E-state index is 0.442. The highest BCUT2D eigenvalue weighted by molar-refractivity contribution is 7.71. The third kappa shape index (κ3) is 2.74. The summed E-state index contributed by atoms with van der Waals surface area (Å²) in [6, 6.07) is 12.0. The van der Waals surface area contributed by atoms with Gasteiger partial charge in [0.25, 0.3) is 0 Å². The molecule has 6 heteroatoms.